The van der Waals surface area contributed by atoms with Gasteiger partial charge in [-0.2, -0.15) is 0 Å². The zero-order valence-corrected chi connectivity index (χ0v) is 11.9. The van der Waals surface area contributed by atoms with Crippen molar-refractivity contribution in [1.82, 2.24) is 5.32 Å². The number of nitrogens with one attached hydrogen (secondary N) is 2. The standard InChI is InChI=1S/C13H18N2O3S/c1-9-5-6-10(19(2,17)18)8-12(9)15-13(16)11-4-3-7-14-11/h5-6,8,11,14H,3-4,7H2,1-2H3,(H,15,16). The number of aryl methyl sites for hydroxylation is 1. The zero-order chi connectivity index (χ0) is 14.0. The normalized spacial score (nSPS) is 19.4. The smallest absolute Gasteiger partial charge is 0.241 e. The van der Waals surface area contributed by atoms with Crippen LogP contribution in [0.5, 0.6) is 0 Å². The number of benzene rings is 1. The fraction of sp³-hybridized carbons (Fsp3) is 0.462. The van der Waals surface area contributed by atoms with Crippen molar-refractivity contribution in [3.05, 3.63) is 23.8 Å². The van der Waals surface area contributed by atoms with Crippen LogP contribution in [0.15, 0.2) is 23.1 Å². The zero-order valence-electron chi connectivity index (χ0n) is 11.1. The van der Waals surface area contributed by atoms with Crippen LogP contribution in [0.4, 0.5) is 5.69 Å². The minimum atomic E-state index is -3.26. The molecule has 104 valence electrons. The largest absolute Gasteiger partial charge is 0.324 e. The molecule has 1 heterocycles. The fourth-order valence-corrected chi connectivity index (χ4v) is 2.74. The lowest BCUT2D eigenvalue weighted by molar-refractivity contribution is -0.117. The van der Waals surface area contributed by atoms with Crippen LogP contribution in [0.2, 0.25) is 0 Å². The van der Waals surface area contributed by atoms with Crippen molar-refractivity contribution >= 4 is 21.4 Å². The highest BCUT2D eigenvalue weighted by atomic mass is 32.2. The quantitative estimate of drug-likeness (QED) is 0.870. The lowest BCUT2D eigenvalue weighted by Gasteiger charge is -2.13. The third kappa shape index (κ3) is 3.33. The van der Waals surface area contributed by atoms with E-state index in [-0.39, 0.29) is 16.8 Å². The number of hydrogen-bond acceptors (Lipinski definition) is 4. The second kappa shape index (κ2) is 5.30. The van der Waals surface area contributed by atoms with E-state index in [1.807, 2.05) is 6.92 Å². The third-order valence-electron chi connectivity index (χ3n) is 3.27. The van der Waals surface area contributed by atoms with Gasteiger partial charge in [-0.1, -0.05) is 6.07 Å². The predicted octanol–water partition coefficient (Wildman–Crippen LogP) is 1.09. The van der Waals surface area contributed by atoms with Crippen LogP contribution in [-0.4, -0.2) is 33.2 Å². The van der Waals surface area contributed by atoms with Crippen LogP contribution in [0.1, 0.15) is 18.4 Å². The molecule has 0 aromatic heterocycles. The first-order valence-corrected chi connectivity index (χ1v) is 8.12. The van der Waals surface area contributed by atoms with Gasteiger partial charge in [0.1, 0.15) is 0 Å². The first-order chi connectivity index (χ1) is 8.88. The summed E-state index contributed by atoms with van der Waals surface area (Å²) < 4.78 is 23.0. The van der Waals surface area contributed by atoms with Gasteiger partial charge in [-0.05, 0) is 44.0 Å². The summed E-state index contributed by atoms with van der Waals surface area (Å²) in [4.78, 5) is 12.2. The van der Waals surface area contributed by atoms with Crippen LogP contribution >= 0.6 is 0 Å². The summed E-state index contributed by atoms with van der Waals surface area (Å²) in [6, 6.07) is 4.58. The Morgan fingerprint density at radius 3 is 2.74 bits per heavy atom. The molecule has 0 spiro atoms. The van der Waals surface area contributed by atoms with Gasteiger partial charge < -0.3 is 10.6 Å². The second-order valence-electron chi connectivity index (χ2n) is 4.89. The molecule has 0 radical (unpaired) electrons. The van der Waals surface area contributed by atoms with E-state index in [2.05, 4.69) is 10.6 Å². The molecule has 1 saturated heterocycles. The van der Waals surface area contributed by atoms with Crippen LogP contribution in [-0.2, 0) is 14.6 Å². The molecule has 1 aromatic carbocycles. The van der Waals surface area contributed by atoms with Crippen LogP contribution < -0.4 is 10.6 Å². The summed E-state index contributed by atoms with van der Waals surface area (Å²) in [7, 11) is -3.26. The van der Waals surface area contributed by atoms with Gasteiger partial charge in [0.15, 0.2) is 9.84 Å². The van der Waals surface area contributed by atoms with E-state index >= 15 is 0 Å². The Morgan fingerprint density at radius 1 is 1.42 bits per heavy atom. The maximum absolute atomic E-state index is 12.0. The molecule has 1 unspecified atom stereocenters. The van der Waals surface area contributed by atoms with Crippen molar-refractivity contribution in [1.29, 1.82) is 0 Å². The molecule has 6 heteroatoms. The average molecular weight is 282 g/mol. The first-order valence-electron chi connectivity index (χ1n) is 6.23. The fourth-order valence-electron chi connectivity index (χ4n) is 2.09. The maximum atomic E-state index is 12.0. The van der Waals surface area contributed by atoms with Gasteiger partial charge in [-0.3, -0.25) is 4.79 Å². The Hall–Kier alpha value is -1.40. The number of amides is 1. The minimum absolute atomic E-state index is 0.105. The molecule has 5 nitrogen and oxygen atoms in total. The van der Waals surface area contributed by atoms with Crippen molar-refractivity contribution in [3.8, 4) is 0 Å². The molecular formula is C13H18N2O3S. The summed E-state index contributed by atoms with van der Waals surface area (Å²) in [5.74, 6) is -0.105. The van der Waals surface area contributed by atoms with E-state index in [0.29, 0.717) is 5.69 Å². The lowest BCUT2D eigenvalue weighted by Crippen LogP contribution is -2.35. The van der Waals surface area contributed by atoms with Crippen molar-refractivity contribution in [3.63, 3.8) is 0 Å². The number of carbonyl (C=O) groups excluding carboxylic acids is 1. The highest BCUT2D eigenvalue weighted by molar-refractivity contribution is 7.90. The second-order valence-corrected chi connectivity index (χ2v) is 6.90. The van der Waals surface area contributed by atoms with Crippen LogP contribution in [0, 0.1) is 6.92 Å². The van der Waals surface area contributed by atoms with Gasteiger partial charge >= 0.3 is 0 Å². The average Bonchev–Trinajstić information content (AvgIpc) is 2.84. The van der Waals surface area contributed by atoms with Crippen LogP contribution in [0.3, 0.4) is 0 Å². The van der Waals surface area contributed by atoms with E-state index in [9.17, 15) is 13.2 Å². The van der Waals surface area contributed by atoms with Crippen molar-refractivity contribution in [2.75, 3.05) is 18.1 Å². The molecule has 1 aliphatic heterocycles. The highest BCUT2D eigenvalue weighted by Crippen LogP contribution is 2.21. The van der Waals surface area contributed by atoms with Crippen molar-refractivity contribution < 1.29 is 13.2 Å². The first kappa shape index (κ1) is 14.0. The minimum Gasteiger partial charge on any atom is -0.324 e. The molecule has 1 aromatic rings. The van der Waals surface area contributed by atoms with Gasteiger partial charge in [0.2, 0.25) is 5.91 Å². The molecule has 1 fully saturated rings. The highest BCUT2D eigenvalue weighted by Gasteiger charge is 2.22. The molecule has 1 amide bonds. The number of sulfone groups is 1. The van der Waals surface area contributed by atoms with E-state index in [0.717, 1.165) is 31.2 Å². The Balaban J connectivity index is 2.22. The van der Waals surface area contributed by atoms with Gasteiger partial charge in [0, 0.05) is 11.9 Å². The molecule has 0 bridgehead atoms. The SMILES string of the molecule is Cc1ccc(S(C)(=O)=O)cc1NC(=O)C1CCCN1. The Labute approximate surface area is 113 Å². The maximum Gasteiger partial charge on any atom is 0.241 e. The number of rotatable bonds is 3. The monoisotopic (exact) mass is 282 g/mol. The summed E-state index contributed by atoms with van der Waals surface area (Å²) in [6.45, 7) is 2.68. The van der Waals surface area contributed by atoms with E-state index < -0.39 is 9.84 Å². The number of carbonyl (C=O) groups is 1. The summed E-state index contributed by atoms with van der Waals surface area (Å²) in [5, 5.41) is 5.91. The summed E-state index contributed by atoms with van der Waals surface area (Å²) in [6.07, 6.45) is 2.96. The number of anilines is 1. The number of hydrogen-bond donors (Lipinski definition) is 2. The van der Waals surface area contributed by atoms with Crippen molar-refractivity contribution in [2.24, 2.45) is 0 Å². The Bertz CT molecular complexity index is 590. The lowest BCUT2D eigenvalue weighted by atomic mass is 10.1. The summed E-state index contributed by atoms with van der Waals surface area (Å²) >= 11 is 0. The van der Waals surface area contributed by atoms with Crippen molar-refractivity contribution in [2.45, 2.75) is 30.7 Å². The summed E-state index contributed by atoms with van der Waals surface area (Å²) in [5.41, 5.74) is 1.40. The third-order valence-corrected chi connectivity index (χ3v) is 4.38. The van der Waals surface area contributed by atoms with Crippen LogP contribution in [0.25, 0.3) is 0 Å². The molecule has 2 rings (SSSR count). The van der Waals surface area contributed by atoms with Gasteiger partial charge in [0.05, 0.1) is 10.9 Å². The molecule has 0 aliphatic carbocycles. The van der Waals surface area contributed by atoms with Gasteiger partial charge in [0.25, 0.3) is 0 Å². The predicted molar refractivity (Wildman–Crippen MR) is 73.9 cm³/mol. The molecule has 19 heavy (non-hydrogen) atoms. The van der Waals surface area contributed by atoms with Gasteiger partial charge in [-0.15, -0.1) is 0 Å². The van der Waals surface area contributed by atoms with E-state index in [1.54, 1.807) is 12.1 Å². The topological polar surface area (TPSA) is 75.3 Å². The molecule has 1 atom stereocenters. The van der Waals surface area contributed by atoms with Gasteiger partial charge in [-0.25, -0.2) is 8.42 Å². The Morgan fingerprint density at radius 2 is 2.16 bits per heavy atom. The molecule has 1 aliphatic rings. The molecule has 2 N–H and O–H groups in total. The Kier molecular flexibility index (Phi) is 3.91. The van der Waals surface area contributed by atoms with E-state index in [1.165, 1.54) is 6.07 Å². The van der Waals surface area contributed by atoms with E-state index in [4.69, 9.17) is 0 Å². The molecule has 0 saturated carbocycles. The molecular weight excluding hydrogens is 264 g/mol.